The van der Waals surface area contributed by atoms with Crippen LogP contribution >= 0.6 is 0 Å². The highest BCUT2D eigenvalue weighted by Crippen LogP contribution is 2.29. The third kappa shape index (κ3) is 4.35. The Balaban J connectivity index is 1.44. The number of amides is 1. The van der Waals surface area contributed by atoms with Crippen molar-refractivity contribution in [3.8, 4) is 17.2 Å². The van der Waals surface area contributed by atoms with Crippen molar-refractivity contribution >= 4 is 22.7 Å². The minimum Gasteiger partial charge on any atom is -0.483 e. The molecule has 1 unspecified atom stereocenters. The third-order valence-corrected chi connectivity index (χ3v) is 5.11. The summed E-state index contributed by atoms with van der Waals surface area (Å²) in [6, 6.07) is 22.9. The lowest BCUT2D eigenvalue weighted by Gasteiger charge is -2.15. The number of hydrogen-bond donors (Lipinski definition) is 1. The summed E-state index contributed by atoms with van der Waals surface area (Å²) in [6.07, 6.45) is 1.01. The van der Waals surface area contributed by atoms with Crippen LogP contribution in [-0.4, -0.2) is 17.5 Å². The monoisotopic (exact) mass is 400 g/mol. The Kier molecular flexibility index (Phi) is 5.80. The van der Waals surface area contributed by atoms with Crippen LogP contribution in [0.4, 0.5) is 5.69 Å². The van der Waals surface area contributed by atoms with Gasteiger partial charge in [-0.1, -0.05) is 50.2 Å². The smallest absolute Gasteiger partial charge is 0.262 e. The molecule has 0 saturated carbocycles. The number of hydrogen-bond acceptors (Lipinski definition) is 4. The number of carbonyl (C=O) groups excluding carboxylic acids is 1. The molecule has 0 bridgehead atoms. The van der Waals surface area contributed by atoms with Crippen molar-refractivity contribution in [1.29, 1.82) is 0 Å². The zero-order valence-corrected chi connectivity index (χ0v) is 17.1. The predicted molar refractivity (Wildman–Crippen MR) is 119 cm³/mol. The van der Waals surface area contributed by atoms with Gasteiger partial charge in [0.25, 0.3) is 5.91 Å². The molecule has 5 nitrogen and oxygen atoms in total. The first-order chi connectivity index (χ1) is 14.6. The molecule has 4 rings (SSSR count). The predicted octanol–water partition coefficient (Wildman–Crippen LogP) is 6.03. The molecule has 0 fully saturated rings. The van der Waals surface area contributed by atoms with Gasteiger partial charge in [-0.3, -0.25) is 4.79 Å². The van der Waals surface area contributed by atoms with Crippen LogP contribution in [0.2, 0.25) is 0 Å². The molecule has 0 aliphatic heterocycles. The average Bonchev–Trinajstić information content (AvgIpc) is 3.22. The number of nitrogens with zero attached hydrogens (tertiary/aromatic N) is 1. The lowest BCUT2D eigenvalue weighted by molar-refractivity contribution is -0.118. The molecule has 1 heterocycles. The number of para-hydroxylation sites is 3. The van der Waals surface area contributed by atoms with Gasteiger partial charge in [-0.25, -0.2) is 4.98 Å². The Hall–Kier alpha value is -3.60. The standard InChI is InChI=1S/C25H24N2O3/c1-3-17(2)20-11-4-6-13-22(20)29-16-24(28)26-19-10-8-9-18(15-19)25-27-21-12-5-7-14-23(21)30-25/h4-15,17H,3,16H2,1-2H3,(H,26,28). The SMILES string of the molecule is CCC(C)c1ccccc1OCC(=O)Nc1cccc(-c2nc3ccccc3o2)c1. The van der Waals surface area contributed by atoms with Gasteiger partial charge in [0.1, 0.15) is 11.3 Å². The minimum absolute atomic E-state index is 0.0550. The van der Waals surface area contributed by atoms with E-state index in [4.69, 9.17) is 9.15 Å². The number of aromatic nitrogens is 1. The Labute approximate surface area is 175 Å². The van der Waals surface area contributed by atoms with Crippen molar-refractivity contribution in [3.05, 3.63) is 78.4 Å². The zero-order chi connectivity index (χ0) is 20.9. The van der Waals surface area contributed by atoms with E-state index in [9.17, 15) is 4.79 Å². The van der Waals surface area contributed by atoms with E-state index in [-0.39, 0.29) is 12.5 Å². The van der Waals surface area contributed by atoms with E-state index < -0.39 is 0 Å². The molecule has 1 amide bonds. The van der Waals surface area contributed by atoms with Gasteiger partial charge in [0, 0.05) is 11.3 Å². The summed E-state index contributed by atoms with van der Waals surface area (Å²) in [6.45, 7) is 4.23. The van der Waals surface area contributed by atoms with E-state index in [1.165, 1.54) is 0 Å². The summed E-state index contributed by atoms with van der Waals surface area (Å²) in [5.74, 6) is 1.43. The quantitative estimate of drug-likeness (QED) is 0.412. The van der Waals surface area contributed by atoms with Crippen molar-refractivity contribution < 1.29 is 13.9 Å². The number of ether oxygens (including phenoxy) is 1. The van der Waals surface area contributed by atoms with Gasteiger partial charge >= 0.3 is 0 Å². The van der Waals surface area contributed by atoms with E-state index in [0.29, 0.717) is 17.5 Å². The minimum atomic E-state index is -0.219. The normalized spacial score (nSPS) is 11.9. The number of carbonyl (C=O) groups is 1. The first-order valence-electron chi connectivity index (χ1n) is 10.1. The van der Waals surface area contributed by atoms with Gasteiger partial charge in [-0.05, 0) is 54.3 Å². The maximum atomic E-state index is 12.4. The Morgan fingerprint density at radius 2 is 1.87 bits per heavy atom. The number of fused-ring (bicyclic) bond motifs is 1. The largest absolute Gasteiger partial charge is 0.483 e. The van der Waals surface area contributed by atoms with Crippen molar-refractivity contribution in [3.63, 3.8) is 0 Å². The van der Waals surface area contributed by atoms with Gasteiger partial charge in [-0.15, -0.1) is 0 Å². The Bertz CT molecular complexity index is 1130. The molecule has 5 heteroatoms. The molecule has 0 aliphatic carbocycles. The fourth-order valence-corrected chi connectivity index (χ4v) is 3.31. The van der Waals surface area contributed by atoms with Crippen molar-refractivity contribution in [1.82, 2.24) is 4.98 Å². The fourth-order valence-electron chi connectivity index (χ4n) is 3.31. The second-order valence-electron chi connectivity index (χ2n) is 7.25. The number of oxazole rings is 1. The lowest BCUT2D eigenvalue weighted by Crippen LogP contribution is -2.20. The van der Waals surface area contributed by atoms with Crippen LogP contribution in [0.3, 0.4) is 0 Å². The van der Waals surface area contributed by atoms with Crippen LogP contribution in [0.15, 0.2) is 77.2 Å². The molecule has 0 saturated heterocycles. The molecule has 1 N–H and O–H groups in total. The average molecular weight is 400 g/mol. The topological polar surface area (TPSA) is 64.4 Å². The van der Waals surface area contributed by atoms with Gasteiger partial charge < -0.3 is 14.5 Å². The maximum absolute atomic E-state index is 12.4. The molecular weight excluding hydrogens is 376 g/mol. The van der Waals surface area contributed by atoms with Crippen LogP contribution in [0, 0.1) is 0 Å². The molecule has 1 atom stereocenters. The number of benzene rings is 3. The van der Waals surface area contributed by atoms with E-state index in [0.717, 1.165) is 34.4 Å². The summed E-state index contributed by atoms with van der Waals surface area (Å²) in [4.78, 5) is 17.0. The van der Waals surface area contributed by atoms with Crippen LogP contribution in [-0.2, 0) is 4.79 Å². The third-order valence-electron chi connectivity index (χ3n) is 5.11. The van der Waals surface area contributed by atoms with Crippen LogP contribution < -0.4 is 10.1 Å². The van der Waals surface area contributed by atoms with Crippen molar-refractivity contribution in [2.45, 2.75) is 26.2 Å². The van der Waals surface area contributed by atoms with Gasteiger partial charge in [0.15, 0.2) is 12.2 Å². The molecule has 30 heavy (non-hydrogen) atoms. The molecule has 0 radical (unpaired) electrons. The summed E-state index contributed by atoms with van der Waals surface area (Å²) in [7, 11) is 0. The fraction of sp³-hybridized carbons (Fsp3) is 0.200. The molecular formula is C25H24N2O3. The van der Waals surface area contributed by atoms with E-state index in [1.807, 2.05) is 72.8 Å². The second-order valence-corrected chi connectivity index (χ2v) is 7.25. The molecule has 1 aromatic heterocycles. The number of anilines is 1. The van der Waals surface area contributed by atoms with Crippen molar-refractivity contribution in [2.24, 2.45) is 0 Å². The van der Waals surface area contributed by atoms with Gasteiger partial charge in [-0.2, -0.15) is 0 Å². The summed E-state index contributed by atoms with van der Waals surface area (Å²) >= 11 is 0. The van der Waals surface area contributed by atoms with Gasteiger partial charge in [0.05, 0.1) is 0 Å². The lowest BCUT2D eigenvalue weighted by atomic mass is 9.98. The summed E-state index contributed by atoms with van der Waals surface area (Å²) in [5, 5.41) is 2.89. The first kappa shape index (κ1) is 19.7. The highest BCUT2D eigenvalue weighted by molar-refractivity contribution is 5.92. The molecule has 0 spiro atoms. The number of rotatable bonds is 7. The number of nitrogens with one attached hydrogen (secondary N) is 1. The summed E-state index contributed by atoms with van der Waals surface area (Å²) in [5.41, 5.74) is 4.11. The maximum Gasteiger partial charge on any atom is 0.262 e. The molecule has 152 valence electrons. The molecule has 4 aromatic rings. The first-order valence-corrected chi connectivity index (χ1v) is 10.1. The van der Waals surface area contributed by atoms with Crippen LogP contribution in [0.5, 0.6) is 5.75 Å². The second kappa shape index (κ2) is 8.82. The van der Waals surface area contributed by atoms with E-state index in [2.05, 4.69) is 24.1 Å². The van der Waals surface area contributed by atoms with E-state index >= 15 is 0 Å². The zero-order valence-electron chi connectivity index (χ0n) is 17.1. The highest BCUT2D eigenvalue weighted by Gasteiger charge is 2.12. The molecule has 0 aliphatic rings. The highest BCUT2D eigenvalue weighted by atomic mass is 16.5. The van der Waals surface area contributed by atoms with Gasteiger partial charge in [0.2, 0.25) is 5.89 Å². The summed E-state index contributed by atoms with van der Waals surface area (Å²) < 4.78 is 11.6. The van der Waals surface area contributed by atoms with Crippen LogP contribution in [0.1, 0.15) is 31.7 Å². The molecule has 3 aromatic carbocycles. The van der Waals surface area contributed by atoms with Crippen LogP contribution in [0.25, 0.3) is 22.6 Å². The Morgan fingerprint density at radius 1 is 1.07 bits per heavy atom. The Morgan fingerprint density at radius 3 is 2.70 bits per heavy atom. The van der Waals surface area contributed by atoms with Crippen molar-refractivity contribution in [2.75, 3.05) is 11.9 Å². The van der Waals surface area contributed by atoms with E-state index in [1.54, 1.807) is 0 Å².